The average molecular weight is 384 g/mol. The van der Waals surface area contributed by atoms with Crippen molar-refractivity contribution in [3.05, 3.63) is 17.3 Å². The Hall–Kier alpha value is -1.36. The van der Waals surface area contributed by atoms with Crippen LogP contribution in [-0.4, -0.2) is 45.6 Å². The van der Waals surface area contributed by atoms with E-state index in [9.17, 15) is 8.42 Å². The van der Waals surface area contributed by atoms with Crippen LogP contribution < -0.4 is 0 Å². The summed E-state index contributed by atoms with van der Waals surface area (Å²) in [6.07, 6.45) is 1.85. The van der Waals surface area contributed by atoms with Gasteiger partial charge < -0.3 is 0 Å². The first-order valence-corrected chi connectivity index (χ1v) is 10.9. The number of thiophene rings is 1. The van der Waals surface area contributed by atoms with Crippen LogP contribution in [0.4, 0.5) is 0 Å². The van der Waals surface area contributed by atoms with Gasteiger partial charge in [0.1, 0.15) is 4.90 Å². The van der Waals surface area contributed by atoms with Crippen LogP contribution in [0.2, 0.25) is 0 Å². The summed E-state index contributed by atoms with van der Waals surface area (Å²) < 4.78 is 29.1. The lowest BCUT2D eigenvalue weighted by Gasteiger charge is -2.15. The van der Waals surface area contributed by atoms with E-state index < -0.39 is 10.0 Å². The van der Waals surface area contributed by atoms with Crippen LogP contribution in [0.25, 0.3) is 14.8 Å². The van der Waals surface area contributed by atoms with Gasteiger partial charge in [-0.3, -0.25) is 0 Å². The summed E-state index contributed by atoms with van der Waals surface area (Å²) in [5.74, 6) is 0.985. The molecule has 0 unspecified atom stereocenters. The van der Waals surface area contributed by atoms with Gasteiger partial charge in [-0.15, -0.1) is 21.5 Å². The predicted molar refractivity (Wildman–Crippen MR) is 94.1 cm³/mol. The van der Waals surface area contributed by atoms with Crippen molar-refractivity contribution in [1.82, 2.24) is 24.1 Å². The number of sulfonamides is 1. The van der Waals surface area contributed by atoms with Crippen molar-refractivity contribution >= 4 is 37.7 Å². The van der Waals surface area contributed by atoms with Gasteiger partial charge in [-0.2, -0.15) is 13.9 Å². The van der Waals surface area contributed by atoms with Gasteiger partial charge in [0.25, 0.3) is 0 Å². The summed E-state index contributed by atoms with van der Waals surface area (Å²) in [5, 5.41) is 15.4. The van der Waals surface area contributed by atoms with E-state index in [1.165, 1.54) is 22.7 Å². The van der Waals surface area contributed by atoms with E-state index >= 15 is 0 Å². The lowest BCUT2D eigenvalue weighted by molar-refractivity contribution is 0.478. The average Bonchev–Trinajstić information content (AvgIpc) is 3.28. The number of nitrogens with zero attached hydrogens (tertiary/aromatic N) is 5. The van der Waals surface area contributed by atoms with Gasteiger partial charge in [0.2, 0.25) is 15.0 Å². The molecule has 0 spiro atoms. The number of rotatable bonds is 4. The van der Waals surface area contributed by atoms with Crippen molar-refractivity contribution in [2.75, 3.05) is 13.1 Å². The number of hydrogen-bond donors (Lipinski definition) is 0. The minimum atomic E-state index is -3.46. The molecule has 128 valence electrons. The van der Waals surface area contributed by atoms with Crippen LogP contribution in [-0.2, 0) is 10.0 Å². The van der Waals surface area contributed by atoms with Gasteiger partial charge in [0.05, 0.1) is 4.88 Å². The molecule has 0 aliphatic carbocycles. The van der Waals surface area contributed by atoms with E-state index in [-0.39, 0.29) is 5.92 Å². The monoisotopic (exact) mass is 383 g/mol. The van der Waals surface area contributed by atoms with Gasteiger partial charge in [-0.1, -0.05) is 25.2 Å². The van der Waals surface area contributed by atoms with E-state index in [0.29, 0.717) is 32.8 Å². The first-order valence-electron chi connectivity index (χ1n) is 7.78. The molecule has 7 nitrogen and oxygen atoms in total. The first-order chi connectivity index (χ1) is 11.5. The fourth-order valence-corrected chi connectivity index (χ4v) is 6.74. The van der Waals surface area contributed by atoms with Gasteiger partial charge >= 0.3 is 0 Å². The quantitative estimate of drug-likeness (QED) is 0.692. The molecule has 1 aliphatic rings. The van der Waals surface area contributed by atoms with Crippen LogP contribution in [0, 0.1) is 0 Å². The van der Waals surface area contributed by atoms with Gasteiger partial charge in [0, 0.05) is 19.0 Å². The van der Waals surface area contributed by atoms with Crippen molar-refractivity contribution in [2.24, 2.45) is 0 Å². The maximum atomic E-state index is 12.9. The number of aromatic nitrogens is 4. The Labute approximate surface area is 148 Å². The third-order valence-corrected chi connectivity index (χ3v) is 8.07. The molecule has 0 atom stereocenters. The zero-order chi connectivity index (χ0) is 16.9. The normalized spacial score (nSPS) is 16.6. The fourth-order valence-electron chi connectivity index (χ4n) is 2.81. The van der Waals surface area contributed by atoms with Crippen molar-refractivity contribution in [3.8, 4) is 9.88 Å². The van der Waals surface area contributed by atoms with Crippen LogP contribution in [0.15, 0.2) is 16.3 Å². The van der Waals surface area contributed by atoms with E-state index in [0.717, 1.165) is 18.7 Å². The summed E-state index contributed by atoms with van der Waals surface area (Å²) in [6.45, 7) is 5.26. The van der Waals surface area contributed by atoms with Crippen LogP contribution in [0.1, 0.15) is 38.4 Å². The molecule has 1 fully saturated rings. The second-order valence-electron chi connectivity index (χ2n) is 6.04. The van der Waals surface area contributed by atoms with E-state index in [4.69, 9.17) is 0 Å². The molecule has 1 aliphatic heterocycles. The van der Waals surface area contributed by atoms with E-state index in [2.05, 4.69) is 15.3 Å². The molecule has 3 aromatic heterocycles. The number of hydrogen-bond acceptors (Lipinski definition) is 7. The highest BCUT2D eigenvalue weighted by atomic mass is 32.2. The second-order valence-corrected chi connectivity index (χ2v) is 9.82. The molecule has 0 saturated carbocycles. The molecule has 4 heterocycles. The zero-order valence-electron chi connectivity index (χ0n) is 13.3. The molecule has 0 radical (unpaired) electrons. The topological polar surface area (TPSA) is 80.5 Å². The van der Waals surface area contributed by atoms with Crippen molar-refractivity contribution in [3.63, 3.8) is 0 Å². The summed E-state index contributed by atoms with van der Waals surface area (Å²) in [5.41, 5.74) is 0. The Bertz CT molecular complexity index is 979. The molecule has 0 aromatic carbocycles. The van der Waals surface area contributed by atoms with Crippen molar-refractivity contribution in [2.45, 2.75) is 37.5 Å². The summed E-state index contributed by atoms with van der Waals surface area (Å²) in [4.78, 5) is 1.73. The molecule has 0 bridgehead atoms. The molecule has 4 rings (SSSR count). The van der Waals surface area contributed by atoms with E-state index in [1.54, 1.807) is 14.9 Å². The summed E-state index contributed by atoms with van der Waals surface area (Å²) >= 11 is 2.77. The third-order valence-electron chi connectivity index (χ3n) is 4.04. The maximum Gasteiger partial charge on any atom is 0.244 e. The zero-order valence-corrected chi connectivity index (χ0v) is 15.8. The Kier molecular flexibility index (Phi) is 3.94. The number of fused-ring (bicyclic) bond motifs is 1. The molecular formula is C14H17N5O2S3. The predicted octanol–water partition coefficient (Wildman–Crippen LogP) is 2.82. The fraction of sp³-hybridized carbons (Fsp3) is 0.500. The van der Waals surface area contributed by atoms with Gasteiger partial charge in [-0.05, 0) is 24.3 Å². The van der Waals surface area contributed by atoms with Crippen molar-refractivity contribution in [1.29, 1.82) is 0 Å². The lowest BCUT2D eigenvalue weighted by Crippen LogP contribution is -2.27. The van der Waals surface area contributed by atoms with Crippen LogP contribution in [0.3, 0.4) is 0 Å². The Morgan fingerprint density at radius 2 is 1.96 bits per heavy atom. The molecule has 0 N–H and O–H groups in total. The SMILES string of the molecule is CC(C)c1nnc2sc(-c3sccc3S(=O)(=O)N3CCCC3)nn12. The minimum absolute atomic E-state index is 0.200. The molecule has 24 heavy (non-hydrogen) atoms. The molecular weight excluding hydrogens is 366 g/mol. The van der Waals surface area contributed by atoms with Crippen LogP contribution >= 0.6 is 22.7 Å². The first kappa shape index (κ1) is 16.1. The summed E-state index contributed by atoms with van der Waals surface area (Å²) in [6, 6.07) is 1.68. The third kappa shape index (κ3) is 2.48. The second kappa shape index (κ2) is 5.87. The minimum Gasteiger partial charge on any atom is -0.207 e. The molecule has 3 aromatic rings. The highest BCUT2D eigenvalue weighted by molar-refractivity contribution is 7.89. The lowest BCUT2D eigenvalue weighted by atomic mass is 10.2. The Morgan fingerprint density at radius 1 is 1.21 bits per heavy atom. The van der Waals surface area contributed by atoms with E-state index in [1.807, 2.05) is 19.2 Å². The van der Waals surface area contributed by atoms with Gasteiger partial charge in [0.15, 0.2) is 10.8 Å². The van der Waals surface area contributed by atoms with Crippen molar-refractivity contribution < 1.29 is 8.42 Å². The standard InChI is InChI=1S/C14H17N5O2S3/c1-9(2)12-15-16-14-19(12)17-13(23-14)11-10(5-8-22-11)24(20,21)18-6-3-4-7-18/h5,8-9H,3-4,6-7H2,1-2H3. The van der Waals surface area contributed by atoms with Crippen LogP contribution in [0.5, 0.6) is 0 Å². The molecule has 10 heteroatoms. The Morgan fingerprint density at radius 3 is 2.67 bits per heavy atom. The van der Waals surface area contributed by atoms with Gasteiger partial charge in [-0.25, -0.2) is 8.42 Å². The highest BCUT2D eigenvalue weighted by Crippen LogP contribution is 2.37. The highest BCUT2D eigenvalue weighted by Gasteiger charge is 2.31. The maximum absolute atomic E-state index is 12.9. The summed E-state index contributed by atoms with van der Waals surface area (Å²) in [7, 11) is -3.46. The smallest absolute Gasteiger partial charge is 0.207 e. The molecule has 1 saturated heterocycles. The Balaban J connectivity index is 1.80. The largest absolute Gasteiger partial charge is 0.244 e. The molecule has 0 amide bonds.